The Morgan fingerprint density at radius 1 is 1.27 bits per heavy atom. The number of rotatable bonds is 6. The molecule has 1 fully saturated rings. The lowest BCUT2D eigenvalue weighted by Gasteiger charge is -2.34. The predicted molar refractivity (Wildman–Crippen MR) is 121 cm³/mol. The number of halogens is 1. The van der Waals surface area contributed by atoms with Gasteiger partial charge in [0.25, 0.3) is 0 Å². The van der Waals surface area contributed by atoms with Crippen LogP contribution in [0.5, 0.6) is 0 Å². The molecule has 6 nitrogen and oxygen atoms in total. The molecule has 1 amide bonds. The van der Waals surface area contributed by atoms with E-state index in [9.17, 15) is 4.79 Å². The first-order valence-electron chi connectivity index (χ1n) is 8.89. The molecule has 0 atom stereocenters. The number of thiophene rings is 1. The Kier molecular flexibility index (Phi) is 9.88. The van der Waals surface area contributed by atoms with Crippen molar-refractivity contribution in [3.8, 4) is 0 Å². The van der Waals surface area contributed by atoms with Gasteiger partial charge in [-0.15, -0.1) is 35.3 Å². The highest BCUT2D eigenvalue weighted by Gasteiger charge is 2.22. The summed E-state index contributed by atoms with van der Waals surface area (Å²) in [6, 6.07) is 4.28. The fraction of sp³-hybridized carbons (Fsp3) is 0.667. The molecule has 148 valence electrons. The zero-order chi connectivity index (χ0) is 18.3. The number of nitrogens with zero attached hydrogens (tertiary/aromatic N) is 3. The van der Waals surface area contributed by atoms with Gasteiger partial charge in [0, 0.05) is 70.1 Å². The van der Waals surface area contributed by atoms with Crippen LogP contribution in [0.25, 0.3) is 0 Å². The van der Waals surface area contributed by atoms with E-state index in [1.165, 1.54) is 4.88 Å². The van der Waals surface area contributed by atoms with Gasteiger partial charge in [-0.1, -0.05) is 19.9 Å². The van der Waals surface area contributed by atoms with E-state index in [0.717, 1.165) is 51.8 Å². The van der Waals surface area contributed by atoms with Crippen molar-refractivity contribution in [3.05, 3.63) is 22.4 Å². The quantitative estimate of drug-likeness (QED) is 0.362. The molecule has 0 aliphatic carbocycles. The van der Waals surface area contributed by atoms with Gasteiger partial charge >= 0.3 is 0 Å². The lowest BCUT2D eigenvalue weighted by Crippen LogP contribution is -2.50. The number of carbonyl (C=O) groups excluding carboxylic acids is 1. The van der Waals surface area contributed by atoms with Crippen LogP contribution in [0, 0.1) is 0 Å². The normalized spacial score (nSPS) is 16.2. The lowest BCUT2D eigenvalue weighted by atomic mass is 9.91. The van der Waals surface area contributed by atoms with Crippen molar-refractivity contribution in [1.29, 1.82) is 0 Å². The first kappa shape index (κ1) is 23.2. The maximum absolute atomic E-state index is 11.4. The number of amides is 1. The van der Waals surface area contributed by atoms with Gasteiger partial charge in [0.05, 0.1) is 0 Å². The van der Waals surface area contributed by atoms with Crippen molar-refractivity contribution in [3.63, 3.8) is 0 Å². The Morgan fingerprint density at radius 3 is 2.50 bits per heavy atom. The molecule has 2 heterocycles. The van der Waals surface area contributed by atoms with E-state index in [1.54, 1.807) is 25.3 Å². The molecule has 1 saturated heterocycles. The zero-order valence-corrected chi connectivity index (χ0v) is 19.4. The Labute approximate surface area is 178 Å². The van der Waals surface area contributed by atoms with E-state index in [0.29, 0.717) is 0 Å². The van der Waals surface area contributed by atoms with Crippen LogP contribution in [0.2, 0.25) is 0 Å². The largest absolute Gasteiger partial charge is 0.356 e. The third kappa shape index (κ3) is 7.03. The molecule has 0 saturated carbocycles. The summed E-state index contributed by atoms with van der Waals surface area (Å²) >= 11 is 1.79. The van der Waals surface area contributed by atoms with Crippen molar-refractivity contribution in [1.82, 2.24) is 20.4 Å². The third-order valence-corrected chi connectivity index (χ3v) is 5.88. The topological polar surface area (TPSA) is 60.0 Å². The van der Waals surface area contributed by atoms with E-state index in [2.05, 4.69) is 51.9 Å². The van der Waals surface area contributed by atoms with E-state index in [4.69, 9.17) is 0 Å². The molecule has 1 aromatic rings. The molecule has 1 aliphatic rings. The fourth-order valence-electron chi connectivity index (χ4n) is 2.89. The van der Waals surface area contributed by atoms with Crippen LogP contribution in [-0.2, 0) is 10.2 Å². The number of aliphatic imine (C=N–C) groups is 1. The molecule has 8 heteroatoms. The molecule has 0 spiro atoms. The lowest BCUT2D eigenvalue weighted by molar-refractivity contribution is -0.130. The van der Waals surface area contributed by atoms with E-state index < -0.39 is 0 Å². The maximum atomic E-state index is 11.4. The molecule has 2 rings (SSSR count). The number of piperazine rings is 1. The molecular formula is C18H32IN5OS. The van der Waals surface area contributed by atoms with Gasteiger partial charge in [-0.25, -0.2) is 0 Å². The summed E-state index contributed by atoms with van der Waals surface area (Å²) in [7, 11) is 1.80. The summed E-state index contributed by atoms with van der Waals surface area (Å²) < 4.78 is 0. The fourth-order valence-corrected chi connectivity index (χ4v) is 3.75. The van der Waals surface area contributed by atoms with Gasteiger partial charge in [-0.05, 0) is 11.4 Å². The van der Waals surface area contributed by atoms with Gasteiger partial charge in [-0.2, -0.15) is 0 Å². The van der Waals surface area contributed by atoms with Crippen molar-refractivity contribution in [2.24, 2.45) is 4.99 Å². The molecule has 0 unspecified atom stereocenters. The van der Waals surface area contributed by atoms with Crippen molar-refractivity contribution in [2.45, 2.75) is 26.2 Å². The second-order valence-corrected chi connectivity index (χ2v) is 8.01. The Bertz CT molecular complexity index is 568. The second kappa shape index (κ2) is 11.1. The Morgan fingerprint density at radius 2 is 1.96 bits per heavy atom. The van der Waals surface area contributed by atoms with Gasteiger partial charge in [-0.3, -0.25) is 14.7 Å². The van der Waals surface area contributed by atoms with Gasteiger partial charge < -0.3 is 15.5 Å². The van der Waals surface area contributed by atoms with E-state index >= 15 is 0 Å². The summed E-state index contributed by atoms with van der Waals surface area (Å²) in [5, 5.41) is 8.94. The van der Waals surface area contributed by atoms with Crippen LogP contribution in [0.15, 0.2) is 22.5 Å². The van der Waals surface area contributed by atoms with Crippen LogP contribution in [0.1, 0.15) is 25.6 Å². The van der Waals surface area contributed by atoms with Gasteiger partial charge in [0.15, 0.2) is 5.96 Å². The predicted octanol–water partition coefficient (Wildman–Crippen LogP) is 1.97. The highest BCUT2D eigenvalue weighted by Crippen LogP contribution is 2.26. The SMILES string of the molecule is CN=C(NCCN1CCN(C(C)=O)CC1)NCC(C)(C)c1cccs1.I. The minimum atomic E-state index is 0. The minimum absolute atomic E-state index is 0. The molecule has 0 radical (unpaired) electrons. The summed E-state index contributed by atoms with van der Waals surface area (Å²) in [5.74, 6) is 1.02. The summed E-state index contributed by atoms with van der Waals surface area (Å²) in [6.45, 7) is 12.3. The Balaban J connectivity index is 0.00000338. The average Bonchev–Trinajstić information content (AvgIpc) is 3.14. The van der Waals surface area contributed by atoms with Crippen LogP contribution < -0.4 is 10.6 Å². The first-order chi connectivity index (χ1) is 11.9. The number of hydrogen-bond donors (Lipinski definition) is 2. The molecule has 26 heavy (non-hydrogen) atoms. The number of guanidine groups is 1. The van der Waals surface area contributed by atoms with E-state index in [1.807, 2.05) is 4.90 Å². The highest BCUT2D eigenvalue weighted by molar-refractivity contribution is 14.0. The van der Waals surface area contributed by atoms with Crippen LogP contribution >= 0.6 is 35.3 Å². The zero-order valence-electron chi connectivity index (χ0n) is 16.2. The van der Waals surface area contributed by atoms with Crippen molar-refractivity contribution >= 4 is 47.2 Å². The smallest absolute Gasteiger partial charge is 0.219 e. The molecular weight excluding hydrogens is 461 g/mol. The van der Waals surface area contributed by atoms with Crippen molar-refractivity contribution < 1.29 is 4.79 Å². The molecule has 1 aliphatic heterocycles. The highest BCUT2D eigenvalue weighted by atomic mass is 127. The molecule has 0 bridgehead atoms. The van der Waals surface area contributed by atoms with Crippen LogP contribution in [0.4, 0.5) is 0 Å². The van der Waals surface area contributed by atoms with Gasteiger partial charge in [0.2, 0.25) is 5.91 Å². The third-order valence-electron chi connectivity index (χ3n) is 4.65. The molecule has 2 N–H and O–H groups in total. The van der Waals surface area contributed by atoms with Crippen molar-refractivity contribution in [2.75, 3.05) is 52.9 Å². The number of hydrogen-bond acceptors (Lipinski definition) is 4. The monoisotopic (exact) mass is 493 g/mol. The maximum Gasteiger partial charge on any atom is 0.219 e. The average molecular weight is 493 g/mol. The first-order valence-corrected chi connectivity index (χ1v) is 9.77. The van der Waals surface area contributed by atoms with Crippen LogP contribution in [0.3, 0.4) is 0 Å². The summed E-state index contributed by atoms with van der Waals surface area (Å²) in [5.41, 5.74) is 0.0782. The summed E-state index contributed by atoms with van der Waals surface area (Å²) in [6.07, 6.45) is 0. The minimum Gasteiger partial charge on any atom is -0.356 e. The Hall–Kier alpha value is -0.870. The number of nitrogens with one attached hydrogen (secondary N) is 2. The molecule has 1 aromatic heterocycles. The molecule has 0 aromatic carbocycles. The van der Waals surface area contributed by atoms with Gasteiger partial charge in [0.1, 0.15) is 0 Å². The van der Waals surface area contributed by atoms with Crippen LogP contribution in [-0.4, -0.2) is 74.5 Å². The van der Waals surface area contributed by atoms with E-state index in [-0.39, 0.29) is 35.3 Å². The number of carbonyl (C=O) groups is 1. The standard InChI is InChI=1S/C18H31N5OS.HI/c1-15(24)23-11-9-22(10-12-23)8-7-20-17(19-4)21-14-18(2,3)16-6-5-13-25-16;/h5-6,13H,7-12,14H2,1-4H3,(H2,19,20,21);1H. The second-order valence-electron chi connectivity index (χ2n) is 7.06. The summed E-state index contributed by atoms with van der Waals surface area (Å²) in [4.78, 5) is 21.3.